The number of nitrogens with one attached hydrogen (secondary N) is 1. The summed E-state index contributed by atoms with van der Waals surface area (Å²) in [7, 11) is 0. The van der Waals surface area contributed by atoms with E-state index in [9.17, 15) is 0 Å². The second-order valence-corrected chi connectivity index (χ2v) is 5.13. The molecule has 2 rings (SSSR count). The van der Waals surface area contributed by atoms with Gasteiger partial charge in [-0.2, -0.15) is 0 Å². The Morgan fingerprint density at radius 1 is 1.28 bits per heavy atom. The number of pyridine rings is 1. The number of hydrogen-bond acceptors (Lipinski definition) is 4. The number of nitrogens with zero attached hydrogens (tertiary/aromatic N) is 1. The fourth-order valence-corrected chi connectivity index (χ4v) is 2.15. The summed E-state index contributed by atoms with van der Waals surface area (Å²) in [5.74, 6) is 6.01. The number of nitrogens with two attached hydrogens (primary N) is 2. The highest BCUT2D eigenvalue weighted by atomic mass is 79.9. The molecule has 0 bridgehead atoms. The normalized spacial score (nSPS) is 12.4. The Hall–Kier alpha value is -1.14. The van der Waals surface area contributed by atoms with Crippen molar-refractivity contribution in [2.24, 2.45) is 5.84 Å². The zero-order valence-corrected chi connectivity index (χ0v) is 11.7. The van der Waals surface area contributed by atoms with Crippen LogP contribution in [-0.2, 0) is 0 Å². The Kier molecular flexibility index (Phi) is 4.19. The first-order valence-corrected chi connectivity index (χ1v) is 6.41. The molecule has 0 saturated heterocycles. The zero-order valence-electron chi connectivity index (χ0n) is 9.40. The Bertz CT molecular complexity index is 544. The minimum absolute atomic E-state index is 0.246. The highest BCUT2D eigenvalue weighted by Gasteiger charge is 2.16. The topological polar surface area (TPSA) is 77.0 Å². The molecule has 2 aromatic rings. The fourth-order valence-electron chi connectivity index (χ4n) is 1.72. The molecule has 94 valence electrons. The molecule has 0 fully saturated rings. The number of nitrogen functional groups attached to an aromatic ring is 1. The van der Waals surface area contributed by atoms with E-state index >= 15 is 0 Å². The van der Waals surface area contributed by atoms with Gasteiger partial charge in [0.05, 0.1) is 11.1 Å². The molecule has 4 nitrogen and oxygen atoms in total. The van der Waals surface area contributed by atoms with Gasteiger partial charge in [-0.15, -0.1) is 0 Å². The van der Waals surface area contributed by atoms with E-state index < -0.39 is 0 Å². The number of rotatable bonds is 3. The van der Waals surface area contributed by atoms with E-state index in [4.69, 9.17) is 23.2 Å². The number of hydrogen-bond donors (Lipinski definition) is 3. The summed E-state index contributed by atoms with van der Waals surface area (Å²) in [4.78, 5) is 4.03. The summed E-state index contributed by atoms with van der Waals surface area (Å²) < 4.78 is 0.999. The molecule has 0 aliphatic heterocycles. The van der Waals surface area contributed by atoms with Gasteiger partial charge in [0.2, 0.25) is 0 Å². The maximum atomic E-state index is 5.94. The molecule has 0 saturated carbocycles. The van der Waals surface area contributed by atoms with E-state index in [1.165, 1.54) is 6.20 Å². The molecule has 5 N–H and O–H groups in total. The smallest absolute Gasteiger partial charge is 0.128 e. The van der Waals surface area contributed by atoms with Crippen molar-refractivity contribution in [3.63, 3.8) is 0 Å². The maximum Gasteiger partial charge on any atom is 0.128 e. The number of halogens is 2. The zero-order chi connectivity index (χ0) is 13.1. The van der Waals surface area contributed by atoms with Crippen LogP contribution in [0.4, 0.5) is 5.82 Å². The average Bonchev–Trinajstić information content (AvgIpc) is 2.37. The number of aromatic nitrogens is 1. The number of benzene rings is 1. The Morgan fingerprint density at radius 3 is 2.56 bits per heavy atom. The first-order chi connectivity index (χ1) is 8.61. The lowest BCUT2D eigenvalue weighted by Gasteiger charge is -2.18. The Labute approximate surface area is 118 Å². The van der Waals surface area contributed by atoms with Gasteiger partial charge in [-0.25, -0.2) is 10.4 Å². The van der Waals surface area contributed by atoms with Crippen LogP contribution in [0.1, 0.15) is 17.2 Å². The van der Waals surface area contributed by atoms with E-state index in [1.807, 2.05) is 24.3 Å². The largest absolute Gasteiger partial charge is 0.383 e. The van der Waals surface area contributed by atoms with Crippen LogP contribution in [0.3, 0.4) is 0 Å². The van der Waals surface area contributed by atoms with E-state index in [1.54, 1.807) is 6.07 Å². The van der Waals surface area contributed by atoms with Gasteiger partial charge in [0, 0.05) is 16.2 Å². The van der Waals surface area contributed by atoms with Gasteiger partial charge < -0.3 is 5.73 Å². The Morgan fingerprint density at radius 2 is 1.94 bits per heavy atom. The lowest BCUT2D eigenvalue weighted by molar-refractivity contribution is 0.636. The summed E-state index contributed by atoms with van der Waals surface area (Å²) in [5, 5.41) is 0.525. The predicted octanol–water partition coefficient (Wildman–Crippen LogP) is 2.63. The first kappa shape index (κ1) is 13.3. The van der Waals surface area contributed by atoms with Gasteiger partial charge in [0.1, 0.15) is 5.82 Å². The van der Waals surface area contributed by atoms with E-state index in [-0.39, 0.29) is 6.04 Å². The quantitative estimate of drug-likeness (QED) is 0.598. The predicted molar refractivity (Wildman–Crippen MR) is 77.0 cm³/mol. The van der Waals surface area contributed by atoms with Gasteiger partial charge in [0.15, 0.2) is 0 Å². The highest BCUT2D eigenvalue weighted by Crippen LogP contribution is 2.27. The number of anilines is 1. The van der Waals surface area contributed by atoms with Gasteiger partial charge in [-0.1, -0.05) is 39.7 Å². The molecule has 0 spiro atoms. The van der Waals surface area contributed by atoms with Gasteiger partial charge >= 0.3 is 0 Å². The number of hydrazine groups is 1. The SMILES string of the molecule is NNC(c1ccc(Br)cc1)c1cc(Cl)cnc1N. The molecule has 1 aromatic heterocycles. The summed E-state index contributed by atoms with van der Waals surface area (Å²) in [6.45, 7) is 0. The average molecular weight is 328 g/mol. The van der Waals surface area contributed by atoms with Gasteiger partial charge in [-0.05, 0) is 23.8 Å². The van der Waals surface area contributed by atoms with Crippen molar-refractivity contribution in [2.75, 3.05) is 5.73 Å². The standard InChI is InChI=1S/C12H12BrClN4/c13-8-3-1-7(2-4-8)11(18-16)10-5-9(14)6-17-12(10)15/h1-6,11,18H,16H2,(H2,15,17). The lowest BCUT2D eigenvalue weighted by Crippen LogP contribution is -2.29. The fraction of sp³-hybridized carbons (Fsp3) is 0.0833. The van der Waals surface area contributed by atoms with Crippen LogP contribution in [-0.4, -0.2) is 4.98 Å². The van der Waals surface area contributed by atoms with Crippen LogP contribution in [0.5, 0.6) is 0 Å². The minimum atomic E-state index is -0.246. The van der Waals surface area contributed by atoms with E-state index in [0.717, 1.165) is 15.6 Å². The van der Waals surface area contributed by atoms with Crippen LogP contribution in [0, 0.1) is 0 Å². The second kappa shape index (κ2) is 5.67. The molecule has 0 aliphatic rings. The van der Waals surface area contributed by atoms with Crippen molar-refractivity contribution < 1.29 is 0 Å². The third kappa shape index (κ3) is 2.81. The molecular weight excluding hydrogens is 316 g/mol. The van der Waals surface area contributed by atoms with E-state index in [0.29, 0.717) is 10.8 Å². The van der Waals surface area contributed by atoms with Crippen LogP contribution in [0.25, 0.3) is 0 Å². The summed E-state index contributed by atoms with van der Waals surface area (Å²) in [5.41, 5.74) is 10.3. The second-order valence-electron chi connectivity index (χ2n) is 3.78. The Balaban J connectivity index is 2.44. The molecule has 0 aliphatic carbocycles. The molecular formula is C12H12BrClN4. The maximum absolute atomic E-state index is 5.94. The first-order valence-electron chi connectivity index (χ1n) is 5.24. The van der Waals surface area contributed by atoms with Crippen molar-refractivity contribution in [2.45, 2.75) is 6.04 Å². The molecule has 0 radical (unpaired) electrons. The summed E-state index contributed by atoms with van der Waals surface area (Å²) >= 11 is 9.33. The van der Waals surface area contributed by atoms with Crippen molar-refractivity contribution in [3.05, 3.63) is 57.2 Å². The van der Waals surface area contributed by atoms with Crippen molar-refractivity contribution in [1.29, 1.82) is 0 Å². The molecule has 1 atom stereocenters. The molecule has 6 heteroatoms. The van der Waals surface area contributed by atoms with Crippen LogP contribution >= 0.6 is 27.5 Å². The minimum Gasteiger partial charge on any atom is -0.383 e. The third-order valence-corrected chi connectivity index (χ3v) is 3.33. The monoisotopic (exact) mass is 326 g/mol. The molecule has 1 heterocycles. The van der Waals surface area contributed by atoms with Gasteiger partial charge in [0.25, 0.3) is 0 Å². The van der Waals surface area contributed by atoms with Crippen LogP contribution in [0.2, 0.25) is 5.02 Å². The van der Waals surface area contributed by atoms with E-state index in [2.05, 4.69) is 26.3 Å². The van der Waals surface area contributed by atoms with Crippen molar-refractivity contribution in [1.82, 2.24) is 10.4 Å². The highest BCUT2D eigenvalue weighted by molar-refractivity contribution is 9.10. The van der Waals surface area contributed by atoms with Crippen LogP contribution < -0.4 is 17.0 Å². The third-order valence-electron chi connectivity index (χ3n) is 2.60. The van der Waals surface area contributed by atoms with Crippen molar-refractivity contribution >= 4 is 33.3 Å². The molecule has 1 aromatic carbocycles. The summed E-state index contributed by atoms with van der Waals surface area (Å²) in [6.07, 6.45) is 1.51. The van der Waals surface area contributed by atoms with Crippen molar-refractivity contribution in [3.8, 4) is 0 Å². The molecule has 0 amide bonds. The van der Waals surface area contributed by atoms with Gasteiger partial charge in [-0.3, -0.25) is 5.84 Å². The molecule has 18 heavy (non-hydrogen) atoms. The summed E-state index contributed by atoms with van der Waals surface area (Å²) in [6, 6.07) is 9.30. The van der Waals surface area contributed by atoms with Crippen LogP contribution in [0.15, 0.2) is 41.0 Å². The lowest BCUT2D eigenvalue weighted by atomic mass is 10.00. The molecule has 1 unspecified atom stereocenters.